The van der Waals surface area contributed by atoms with E-state index in [1.807, 2.05) is 44.2 Å². The van der Waals surface area contributed by atoms with Gasteiger partial charge in [0.1, 0.15) is 5.75 Å². The van der Waals surface area contributed by atoms with E-state index in [1.165, 1.54) is 0 Å². The number of primary amides is 1. The fourth-order valence-electron chi connectivity index (χ4n) is 2.82. The molecule has 0 radical (unpaired) electrons. The van der Waals surface area contributed by atoms with E-state index in [-0.39, 0.29) is 6.04 Å². The van der Waals surface area contributed by atoms with Crippen molar-refractivity contribution in [2.75, 3.05) is 20.8 Å². The molecule has 2 N–H and O–H groups in total. The molecule has 0 aliphatic carbocycles. The van der Waals surface area contributed by atoms with Crippen LogP contribution in [-0.4, -0.2) is 31.3 Å². The lowest BCUT2D eigenvalue weighted by Crippen LogP contribution is -2.16. The number of rotatable bonds is 6. The van der Waals surface area contributed by atoms with Crippen LogP contribution >= 0.6 is 0 Å². The van der Waals surface area contributed by atoms with Crippen LogP contribution in [0.4, 0.5) is 0 Å². The molecule has 5 heteroatoms. The van der Waals surface area contributed by atoms with E-state index in [9.17, 15) is 4.79 Å². The predicted molar refractivity (Wildman–Crippen MR) is 86.3 cm³/mol. The molecule has 0 bridgehead atoms. The Morgan fingerprint density at radius 3 is 2.59 bits per heavy atom. The Kier molecular flexibility index (Phi) is 4.88. The molecule has 0 spiro atoms. The van der Waals surface area contributed by atoms with Crippen LogP contribution in [0.15, 0.2) is 30.3 Å². The number of nitrogens with zero attached hydrogens (tertiary/aromatic N) is 1. The third-order valence-corrected chi connectivity index (χ3v) is 3.79. The van der Waals surface area contributed by atoms with Crippen molar-refractivity contribution in [1.29, 1.82) is 0 Å². The lowest BCUT2D eigenvalue weighted by Gasteiger charge is -2.20. The first-order valence-electron chi connectivity index (χ1n) is 7.15. The predicted octanol–water partition coefficient (Wildman–Crippen LogP) is 2.78. The highest BCUT2D eigenvalue weighted by molar-refractivity contribution is 5.96. The Bertz CT molecular complexity index is 677. The molecule has 5 nitrogen and oxygen atoms in total. The minimum atomic E-state index is -0.433. The largest absolute Gasteiger partial charge is 0.496 e. The van der Waals surface area contributed by atoms with E-state index in [0.29, 0.717) is 12.2 Å². The van der Waals surface area contributed by atoms with Crippen molar-refractivity contribution in [1.82, 2.24) is 4.57 Å². The van der Waals surface area contributed by atoms with E-state index in [0.717, 1.165) is 22.7 Å². The van der Waals surface area contributed by atoms with Gasteiger partial charge in [-0.05, 0) is 32.0 Å². The minimum absolute atomic E-state index is 0.0676. The third kappa shape index (κ3) is 2.85. The van der Waals surface area contributed by atoms with E-state index >= 15 is 0 Å². The van der Waals surface area contributed by atoms with Crippen LogP contribution in [0.2, 0.25) is 0 Å². The second kappa shape index (κ2) is 6.66. The van der Waals surface area contributed by atoms with Gasteiger partial charge in [0.15, 0.2) is 0 Å². The van der Waals surface area contributed by atoms with Crippen LogP contribution in [-0.2, 0) is 4.74 Å². The summed E-state index contributed by atoms with van der Waals surface area (Å²) < 4.78 is 12.8. The minimum Gasteiger partial charge on any atom is -0.496 e. The van der Waals surface area contributed by atoms with Crippen molar-refractivity contribution in [3.05, 3.63) is 41.6 Å². The molecule has 1 aromatic carbocycles. The second-order valence-corrected chi connectivity index (χ2v) is 5.27. The van der Waals surface area contributed by atoms with Gasteiger partial charge in [0.05, 0.1) is 31.0 Å². The summed E-state index contributed by atoms with van der Waals surface area (Å²) in [6.45, 7) is 4.47. The Balaban J connectivity index is 2.68. The summed E-state index contributed by atoms with van der Waals surface area (Å²) in [6, 6.07) is 9.60. The molecule has 1 heterocycles. The van der Waals surface area contributed by atoms with Crippen molar-refractivity contribution in [2.24, 2.45) is 5.73 Å². The summed E-state index contributed by atoms with van der Waals surface area (Å²) in [4.78, 5) is 11.7. The molecule has 1 unspecified atom stereocenters. The molecular weight excluding hydrogens is 280 g/mol. The van der Waals surface area contributed by atoms with Gasteiger partial charge in [-0.2, -0.15) is 0 Å². The lowest BCUT2D eigenvalue weighted by molar-refractivity contribution is 0.0999. The lowest BCUT2D eigenvalue weighted by atomic mass is 10.1. The topological polar surface area (TPSA) is 66.5 Å². The smallest absolute Gasteiger partial charge is 0.250 e. The highest BCUT2D eigenvalue weighted by Gasteiger charge is 2.21. The maximum Gasteiger partial charge on any atom is 0.250 e. The monoisotopic (exact) mass is 302 g/mol. The van der Waals surface area contributed by atoms with Crippen LogP contribution in [0, 0.1) is 6.92 Å². The number of carbonyl (C=O) groups is 1. The fourth-order valence-corrected chi connectivity index (χ4v) is 2.82. The molecule has 0 fully saturated rings. The summed E-state index contributed by atoms with van der Waals surface area (Å²) in [5.41, 5.74) is 8.67. The van der Waals surface area contributed by atoms with Crippen molar-refractivity contribution in [3.8, 4) is 17.0 Å². The van der Waals surface area contributed by atoms with Gasteiger partial charge in [-0.25, -0.2) is 0 Å². The highest BCUT2D eigenvalue weighted by Crippen LogP contribution is 2.34. The molecule has 0 saturated carbocycles. The molecule has 118 valence electrons. The number of amides is 1. The first-order valence-corrected chi connectivity index (χ1v) is 7.15. The van der Waals surface area contributed by atoms with Crippen molar-refractivity contribution in [3.63, 3.8) is 0 Å². The first-order chi connectivity index (χ1) is 10.5. The molecule has 0 saturated heterocycles. The molecule has 2 aromatic rings. The molecule has 1 aromatic heterocycles. The van der Waals surface area contributed by atoms with Crippen molar-refractivity contribution in [2.45, 2.75) is 19.9 Å². The molecule has 1 amide bonds. The molecule has 0 aliphatic rings. The molecule has 0 aliphatic heterocycles. The number of methoxy groups -OCH3 is 2. The van der Waals surface area contributed by atoms with Gasteiger partial charge in [0.25, 0.3) is 5.91 Å². The molecule has 1 atom stereocenters. The van der Waals surface area contributed by atoms with Gasteiger partial charge in [0, 0.05) is 18.4 Å². The normalized spacial score (nSPS) is 12.2. The Labute approximate surface area is 130 Å². The van der Waals surface area contributed by atoms with E-state index < -0.39 is 5.91 Å². The zero-order valence-corrected chi connectivity index (χ0v) is 13.4. The number of hydrogen-bond donors (Lipinski definition) is 1. The van der Waals surface area contributed by atoms with E-state index in [1.54, 1.807) is 14.2 Å². The van der Waals surface area contributed by atoms with Crippen molar-refractivity contribution >= 4 is 5.91 Å². The van der Waals surface area contributed by atoms with Gasteiger partial charge < -0.3 is 19.8 Å². The Hall–Kier alpha value is -2.27. The number of ether oxygens (including phenoxy) is 2. The zero-order valence-electron chi connectivity index (χ0n) is 13.4. The highest BCUT2D eigenvalue weighted by atomic mass is 16.5. The summed E-state index contributed by atoms with van der Waals surface area (Å²) >= 11 is 0. The number of hydrogen-bond acceptors (Lipinski definition) is 3. The second-order valence-electron chi connectivity index (χ2n) is 5.27. The number of carbonyl (C=O) groups excluding carboxylic acids is 1. The van der Waals surface area contributed by atoms with Crippen LogP contribution in [0.5, 0.6) is 5.75 Å². The molecule has 2 rings (SSSR count). The number of nitrogens with two attached hydrogens (primary N) is 1. The van der Waals surface area contributed by atoms with Crippen LogP contribution in [0.25, 0.3) is 11.3 Å². The summed E-state index contributed by atoms with van der Waals surface area (Å²) in [5, 5.41) is 0. The van der Waals surface area contributed by atoms with Gasteiger partial charge in [-0.1, -0.05) is 12.1 Å². The van der Waals surface area contributed by atoms with Gasteiger partial charge in [-0.15, -0.1) is 0 Å². The van der Waals surface area contributed by atoms with Crippen LogP contribution < -0.4 is 10.5 Å². The SMILES string of the molecule is COCC(C)n1c(-c2ccccc2OC)cc(C(N)=O)c1C. The Morgan fingerprint density at radius 1 is 1.32 bits per heavy atom. The third-order valence-electron chi connectivity index (χ3n) is 3.79. The Morgan fingerprint density at radius 2 is 2.00 bits per heavy atom. The fraction of sp³-hybridized carbons (Fsp3) is 0.353. The standard InChI is InChI=1S/C17H22N2O3/c1-11(10-21-3)19-12(2)14(17(18)20)9-15(19)13-7-5-6-8-16(13)22-4/h5-9,11H,10H2,1-4H3,(H2,18,20). The number of para-hydroxylation sites is 1. The zero-order chi connectivity index (χ0) is 16.3. The summed E-state index contributed by atoms with van der Waals surface area (Å²) in [5.74, 6) is 0.318. The maximum absolute atomic E-state index is 11.7. The maximum atomic E-state index is 11.7. The van der Waals surface area contributed by atoms with Crippen molar-refractivity contribution < 1.29 is 14.3 Å². The molecule has 22 heavy (non-hydrogen) atoms. The van der Waals surface area contributed by atoms with Gasteiger partial charge in [0.2, 0.25) is 0 Å². The van der Waals surface area contributed by atoms with E-state index in [2.05, 4.69) is 4.57 Å². The molecular formula is C17H22N2O3. The number of benzene rings is 1. The van der Waals surface area contributed by atoms with Gasteiger partial charge >= 0.3 is 0 Å². The quantitative estimate of drug-likeness (QED) is 0.892. The van der Waals surface area contributed by atoms with Crippen LogP contribution in [0.1, 0.15) is 29.0 Å². The summed E-state index contributed by atoms with van der Waals surface area (Å²) in [6.07, 6.45) is 0. The van der Waals surface area contributed by atoms with E-state index in [4.69, 9.17) is 15.2 Å². The van der Waals surface area contributed by atoms with Crippen LogP contribution in [0.3, 0.4) is 0 Å². The average Bonchev–Trinajstić information content (AvgIpc) is 2.85. The number of aromatic nitrogens is 1. The average molecular weight is 302 g/mol. The van der Waals surface area contributed by atoms with Gasteiger partial charge in [-0.3, -0.25) is 4.79 Å². The first kappa shape index (κ1) is 16.1. The summed E-state index contributed by atoms with van der Waals surface area (Å²) in [7, 11) is 3.29.